The van der Waals surface area contributed by atoms with Gasteiger partial charge >= 0.3 is 0 Å². The summed E-state index contributed by atoms with van der Waals surface area (Å²) in [6.07, 6.45) is 5.61. The van der Waals surface area contributed by atoms with Crippen LogP contribution in [-0.2, 0) is 4.74 Å². The van der Waals surface area contributed by atoms with Gasteiger partial charge in [-0.3, -0.25) is 4.90 Å². The zero-order valence-electron chi connectivity index (χ0n) is 10.2. The summed E-state index contributed by atoms with van der Waals surface area (Å²) in [5.41, 5.74) is 0. The Bertz CT molecular complexity index is 218. The quantitative estimate of drug-likeness (QED) is 0.705. The predicted molar refractivity (Wildman–Crippen MR) is 63.0 cm³/mol. The number of aliphatic hydroxyl groups excluding tert-OH is 2. The molecule has 16 heavy (non-hydrogen) atoms. The molecule has 4 nitrogen and oxygen atoms in total. The van der Waals surface area contributed by atoms with Crippen molar-refractivity contribution < 1.29 is 14.9 Å². The van der Waals surface area contributed by atoms with Crippen LogP contribution in [0.5, 0.6) is 0 Å². The highest BCUT2D eigenvalue weighted by atomic mass is 16.5. The van der Waals surface area contributed by atoms with Crippen molar-refractivity contribution >= 4 is 0 Å². The van der Waals surface area contributed by atoms with Crippen molar-refractivity contribution in [1.29, 1.82) is 0 Å². The van der Waals surface area contributed by atoms with Crippen LogP contribution in [0.3, 0.4) is 0 Å². The monoisotopic (exact) mass is 229 g/mol. The van der Waals surface area contributed by atoms with E-state index >= 15 is 0 Å². The fourth-order valence-electron chi connectivity index (χ4n) is 1.87. The zero-order valence-corrected chi connectivity index (χ0v) is 10.2. The molecule has 0 spiro atoms. The van der Waals surface area contributed by atoms with Crippen LogP contribution < -0.4 is 0 Å². The highest BCUT2D eigenvalue weighted by molar-refractivity contribution is 4.84. The molecule has 0 saturated carbocycles. The maximum Gasteiger partial charge on any atom is 0.111 e. The SMILES string of the molecule is C[C@H](O)CN(C[C@H]1CCC=CO1)[C@H](C)CO. The molecule has 0 aromatic carbocycles. The van der Waals surface area contributed by atoms with E-state index in [9.17, 15) is 5.11 Å². The van der Waals surface area contributed by atoms with Crippen LogP contribution in [-0.4, -0.2) is 53.1 Å². The number of hydrogen-bond acceptors (Lipinski definition) is 4. The van der Waals surface area contributed by atoms with Gasteiger partial charge in [-0.2, -0.15) is 0 Å². The molecule has 3 atom stereocenters. The summed E-state index contributed by atoms with van der Waals surface area (Å²) in [7, 11) is 0. The minimum absolute atomic E-state index is 0.0594. The van der Waals surface area contributed by atoms with Crippen LogP contribution >= 0.6 is 0 Å². The van der Waals surface area contributed by atoms with E-state index < -0.39 is 0 Å². The smallest absolute Gasteiger partial charge is 0.111 e. The lowest BCUT2D eigenvalue weighted by atomic mass is 10.1. The van der Waals surface area contributed by atoms with Gasteiger partial charge in [0, 0.05) is 19.1 Å². The van der Waals surface area contributed by atoms with Crippen molar-refractivity contribution in [3.05, 3.63) is 12.3 Å². The number of nitrogens with zero attached hydrogens (tertiary/aromatic N) is 1. The van der Waals surface area contributed by atoms with Crippen LogP contribution in [0.15, 0.2) is 12.3 Å². The van der Waals surface area contributed by atoms with Crippen molar-refractivity contribution in [2.24, 2.45) is 0 Å². The average Bonchev–Trinajstić information content (AvgIpc) is 2.28. The van der Waals surface area contributed by atoms with Gasteiger partial charge in [-0.25, -0.2) is 0 Å². The largest absolute Gasteiger partial charge is 0.497 e. The van der Waals surface area contributed by atoms with Crippen LogP contribution in [0, 0.1) is 0 Å². The van der Waals surface area contributed by atoms with Crippen LogP contribution in [0.25, 0.3) is 0 Å². The molecule has 4 heteroatoms. The Balaban J connectivity index is 2.45. The Morgan fingerprint density at radius 2 is 2.25 bits per heavy atom. The van der Waals surface area contributed by atoms with E-state index in [-0.39, 0.29) is 24.9 Å². The van der Waals surface area contributed by atoms with Gasteiger partial charge in [0.15, 0.2) is 0 Å². The van der Waals surface area contributed by atoms with E-state index in [0.29, 0.717) is 6.54 Å². The number of allylic oxidation sites excluding steroid dienone is 1. The third-order valence-corrected chi connectivity index (χ3v) is 2.85. The first-order valence-electron chi connectivity index (χ1n) is 5.97. The number of rotatable bonds is 6. The lowest BCUT2D eigenvalue weighted by Crippen LogP contribution is -2.44. The molecular weight excluding hydrogens is 206 g/mol. The molecule has 1 aliphatic rings. The first-order valence-corrected chi connectivity index (χ1v) is 5.97. The standard InChI is InChI=1S/C12H23NO3/c1-10(9-14)13(7-11(2)15)8-12-5-3-4-6-16-12/h4,6,10-12,14-15H,3,5,7-9H2,1-2H3/t10-,11+,12-/m1/s1. The van der Waals surface area contributed by atoms with Crippen LogP contribution in [0.2, 0.25) is 0 Å². The van der Waals surface area contributed by atoms with E-state index in [1.807, 2.05) is 13.0 Å². The van der Waals surface area contributed by atoms with Gasteiger partial charge in [0.05, 0.1) is 19.0 Å². The molecule has 0 aliphatic carbocycles. The second-order valence-electron chi connectivity index (χ2n) is 4.54. The third kappa shape index (κ3) is 4.51. The topological polar surface area (TPSA) is 52.9 Å². The summed E-state index contributed by atoms with van der Waals surface area (Å²) in [4.78, 5) is 2.08. The minimum Gasteiger partial charge on any atom is -0.497 e. The van der Waals surface area contributed by atoms with E-state index in [1.165, 1.54) is 0 Å². The number of ether oxygens (including phenoxy) is 1. The van der Waals surface area contributed by atoms with Gasteiger partial charge in [-0.1, -0.05) is 0 Å². The second kappa shape index (κ2) is 6.89. The number of hydrogen-bond donors (Lipinski definition) is 2. The maximum atomic E-state index is 9.42. The predicted octanol–water partition coefficient (Wildman–Crippen LogP) is 0.743. The molecule has 1 aliphatic heterocycles. The van der Waals surface area contributed by atoms with Crippen molar-refractivity contribution in [3.8, 4) is 0 Å². The summed E-state index contributed by atoms with van der Waals surface area (Å²) >= 11 is 0. The second-order valence-corrected chi connectivity index (χ2v) is 4.54. The molecule has 1 rings (SSSR count). The Hall–Kier alpha value is -0.580. The van der Waals surface area contributed by atoms with Crippen molar-refractivity contribution in [1.82, 2.24) is 4.90 Å². The Morgan fingerprint density at radius 3 is 2.75 bits per heavy atom. The van der Waals surface area contributed by atoms with Crippen molar-refractivity contribution in [2.75, 3.05) is 19.7 Å². The Labute approximate surface area is 97.5 Å². The van der Waals surface area contributed by atoms with E-state index in [4.69, 9.17) is 9.84 Å². The molecule has 0 saturated heterocycles. The molecule has 0 bridgehead atoms. The molecule has 2 N–H and O–H groups in total. The number of aliphatic hydroxyl groups is 2. The fraction of sp³-hybridized carbons (Fsp3) is 0.833. The summed E-state index contributed by atoms with van der Waals surface area (Å²) in [5.74, 6) is 0. The average molecular weight is 229 g/mol. The van der Waals surface area contributed by atoms with Gasteiger partial charge in [0.2, 0.25) is 0 Å². The maximum absolute atomic E-state index is 9.42. The van der Waals surface area contributed by atoms with Gasteiger partial charge < -0.3 is 14.9 Å². The summed E-state index contributed by atoms with van der Waals surface area (Å²) < 4.78 is 5.50. The van der Waals surface area contributed by atoms with Gasteiger partial charge in [-0.15, -0.1) is 0 Å². The van der Waals surface area contributed by atoms with Gasteiger partial charge in [0.1, 0.15) is 6.10 Å². The molecule has 0 aromatic heterocycles. The molecule has 0 unspecified atom stereocenters. The normalized spacial score (nSPS) is 24.2. The van der Waals surface area contributed by atoms with Crippen LogP contribution in [0.4, 0.5) is 0 Å². The first kappa shape index (κ1) is 13.5. The Morgan fingerprint density at radius 1 is 1.50 bits per heavy atom. The van der Waals surface area contributed by atoms with Crippen molar-refractivity contribution in [2.45, 2.75) is 44.9 Å². The lowest BCUT2D eigenvalue weighted by Gasteiger charge is -2.32. The van der Waals surface area contributed by atoms with Crippen LogP contribution in [0.1, 0.15) is 26.7 Å². The molecule has 0 aromatic rings. The summed E-state index contributed by atoms with van der Waals surface area (Å²) in [6, 6.07) is 0.0594. The molecular formula is C12H23NO3. The highest BCUT2D eigenvalue weighted by Gasteiger charge is 2.21. The molecule has 94 valence electrons. The van der Waals surface area contributed by atoms with E-state index in [1.54, 1.807) is 13.2 Å². The van der Waals surface area contributed by atoms with Gasteiger partial charge in [0.25, 0.3) is 0 Å². The Kier molecular flexibility index (Phi) is 5.80. The minimum atomic E-state index is -0.381. The molecule has 0 radical (unpaired) electrons. The zero-order chi connectivity index (χ0) is 12.0. The van der Waals surface area contributed by atoms with E-state index in [0.717, 1.165) is 19.4 Å². The summed E-state index contributed by atoms with van der Waals surface area (Å²) in [6.45, 7) is 5.16. The molecule has 0 amide bonds. The molecule has 1 heterocycles. The summed E-state index contributed by atoms with van der Waals surface area (Å²) in [5, 5.41) is 18.6. The van der Waals surface area contributed by atoms with Gasteiger partial charge in [-0.05, 0) is 32.8 Å². The first-order chi connectivity index (χ1) is 7.63. The van der Waals surface area contributed by atoms with Crippen molar-refractivity contribution in [3.63, 3.8) is 0 Å². The lowest BCUT2D eigenvalue weighted by molar-refractivity contribution is 0.0253. The third-order valence-electron chi connectivity index (χ3n) is 2.85. The fourth-order valence-corrected chi connectivity index (χ4v) is 1.87. The van der Waals surface area contributed by atoms with E-state index in [2.05, 4.69) is 4.90 Å². The highest BCUT2D eigenvalue weighted by Crippen LogP contribution is 2.13. The molecule has 0 fully saturated rings.